The predicted octanol–water partition coefficient (Wildman–Crippen LogP) is -0.454. The van der Waals surface area contributed by atoms with E-state index in [4.69, 9.17) is 9.52 Å². The molecule has 0 bridgehead atoms. The van der Waals surface area contributed by atoms with Gasteiger partial charge in [0.2, 0.25) is 5.91 Å². The lowest BCUT2D eigenvalue weighted by Crippen LogP contribution is -2.47. The predicted molar refractivity (Wildman–Crippen MR) is 71.7 cm³/mol. The van der Waals surface area contributed by atoms with Crippen molar-refractivity contribution < 1.29 is 24.2 Å². The van der Waals surface area contributed by atoms with Crippen molar-refractivity contribution in [2.75, 3.05) is 6.54 Å². The van der Waals surface area contributed by atoms with E-state index in [2.05, 4.69) is 5.32 Å². The highest BCUT2D eigenvalue weighted by molar-refractivity contribution is 5.81. The van der Waals surface area contributed by atoms with Gasteiger partial charge in [-0.3, -0.25) is 9.36 Å². The summed E-state index contributed by atoms with van der Waals surface area (Å²) in [5, 5.41) is 20.5. The maximum atomic E-state index is 11.8. The minimum atomic E-state index is -2.07. The van der Waals surface area contributed by atoms with Gasteiger partial charge >= 0.3 is 11.7 Å². The van der Waals surface area contributed by atoms with Crippen LogP contribution in [0.5, 0.6) is 0 Å². The third-order valence-electron chi connectivity index (χ3n) is 2.97. The number of carboxylic acids is 1. The number of rotatable bonds is 5. The van der Waals surface area contributed by atoms with E-state index >= 15 is 0 Å². The number of hydrogen-bond acceptors (Lipinski definition) is 5. The molecule has 0 radical (unpaired) electrons. The molecule has 0 aliphatic heterocycles. The SMILES string of the molecule is CC(O)(CNC(=O)Cn1c(=O)oc2ccccc21)C(=O)O. The van der Waals surface area contributed by atoms with Crippen LogP contribution >= 0.6 is 0 Å². The summed E-state index contributed by atoms with van der Waals surface area (Å²) in [6.45, 7) is 0.270. The Labute approximate surface area is 118 Å². The number of carboxylic acid groups (broad SMARTS) is 1. The van der Waals surface area contributed by atoms with Crippen LogP contribution in [-0.4, -0.2) is 38.8 Å². The Hall–Kier alpha value is -2.61. The molecule has 1 heterocycles. The quantitative estimate of drug-likeness (QED) is 0.686. The average Bonchev–Trinajstić information content (AvgIpc) is 2.73. The molecule has 1 atom stereocenters. The smallest absolute Gasteiger partial charge is 0.420 e. The molecule has 8 nitrogen and oxygen atoms in total. The molecule has 0 aliphatic carbocycles. The van der Waals surface area contributed by atoms with Crippen LogP contribution in [0.3, 0.4) is 0 Å². The normalized spacial score (nSPS) is 13.8. The Morgan fingerprint density at radius 3 is 2.71 bits per heavy atom. The van der Waals surface area contributed by atoms with E-state index in [0.717, 1.165) is 11.5 Å². The van der Waals surface area contributed by atoms with Gasteiger partial charge in [-0.15, -0.1) is 0 Å². The molecule has 1 aromatic heterocycles. The fourth-order valence-corrected chi connectivity index (χ4v) is 1.71. The van der Waals surface area contributed by atoms with Gasteiger partial charge in [0.1, 0.15) is 6.54 Å². The number of amides is 1. The average molecular weight is 294 g/mol. The van der Waals surface area contributed by atoms with Gasteiger partial charge in [0, 0.05) is 0 Å². The minimum Gasteiger partial charge on any atom is -0.479 e. The lowest BCUT2D eigenvalue weighted by Gasteiger charge is -2.18. The molecule has 21 heavy (non-hydrogen) atoms. The van der Waals surface area contributed by atoms with Gasteiger partial charge in [-0.25, -0.2) is 9.59 Å². The second-order valence-electron chi connectivity index (χ2n) is 4.78. The highest BCUT2D eigenvalue weighted by Gasteiger charge is 2.30. The van der Waals surface area contributed by atoms with Gasteiger partial charge < -0.3 is 19.9 Å². The van der Waals surface area contributed by atoms with Crippen molar-refractivity contribution >= 4 is 23.0 Å². The van der Waals surface area contributed by atoms with Crippen LogP contribution in [0.4, 0.5) is 0 Å². The van der Waals surface area contributed by atoms with Crippen molar-refractivity contribution in [3.8, 4) is 0 Å². The van der Waals surface area contributed by atoms with E-state index in [9.17, 15) is 19.5 Å². The monoisotopic (exact) mass is 294 g/mol. The zero-order chi connectivity index (χ0) is 15.6. The number of nitrogens with zero attached hydrogens (tertiary/aromatic N) is 1. The number of aromatic nitrogens is 1. The number of para-hydroxylation sites is 2. The largest absolute Gasteiger partial charge is 0.479 e. The topological polar surface area (TPSA) is 122 Å². The summed E-state index contributed by atoms with van der Waals surface area (Å²) in [5.74, 6) is -2.74. The van der Waals surface area contributed by atoms with Crippen LogP contribution in [0.2, 0.25) is 0 Å². The third kappa shape index (κ3) is 3.11. The fraction of sp³-hybridized carbons (Fsp3) is 0.308. The molecule has 2 aromatic rings. The van der Waals surface area contributed by atoms with E-state index in [0.29, 0.717) is 11.1 Å². The number of aliphatic carboxylic acids is 1. The van der Waals surface area contributed by atoms with Crippen LogP contribution in [0.25, 0.3) is 11.1 Å². The second kappa shape index (κ2) is 5.41. The molecule has 1 unspecified atom stereocenters. The number of fused-ring (bicyclic) bond motifs is 1. The number of nitrogens with one attached hydrogen (secondary N) is 1. The molecular weight excluding hydrogens is 280 g/mol. The molecule has 0 saturated heterocycles. The minimum absolute atomic E-state index is 0.328. The zero-order valence-corrected chi connectivity index (χ0v) is 11.2. The van der Waals surface area contributed by atoms with Crippen LogP contribution < -0.4 is 11.1 Å². The molecule has 8 heteroatoms. The van der Waals surface area contributed by atoms with Crippen molar-refractivity contribution in [1.82, 2.24) is 9.88 Å². The first kappa shape index (κ1) is 14.8. The van der Waals surface area contributed by atoms with E-state index in [1.165, 1.54) is 0 Å². The summed E-state index contributed by atoms with van der Waals surface area (Å²) in [6, 6.07) is 6.61. The van der Waals surface area contributed by atoms with Crippen LogP contribution in [-0.2, 0) is 16.1 Å². The first-order valence-electron chi connectivity index (χ1n) is 6.12. The Balaban J connectivity index is 2.11. The molecule has 0 saturated carbocycles. The van der Waals surface area contributed by atoms with Gasteiger partial charge in [-0.2, -0.15) is 0 Å². The lowest BCUT2D eigenvalue weighted by atomic mass is 10.1. The van der Waals surface area contributed by atoms with Crippen molar-refractivity contribution in [2.24, 2.45) is 0 Å². The Morgan fingerprint density at radius 2 is 2.05 bits per heavy atom. The highest BCUT2D eigenvalue weighted by atomic mass is 16.4. The second-order valence-corrected chi connectivity index (χ2v) is 4.78. The summed E-state index contributed by atoms with van der Waals surface area (Å²) in [6.07, 6.45) is 0. The van der Waals surface area contributed by atoms with Crippen LogP contribution in [0.15, 0.2) is 33.5 Å². The van der Waals surface area contributed by atoms with Crippen LogP contribution in [0, 0.1) is 0 Å². The van der Waals surface area contributed by atoms with Crippen molar-refractivity contribution in [2.45, 2.75) is 19.1 Å². The molecule has 2 rings (SSSR count). The number of aliphatic hydroxyl groups is 1. The van der Waals surface area contributed by atoms with Gasteiger partial charge in [0.15, 0.2) is 11.2 Å². The van der Waals surface area contributed by atoms with Crippen LogP contribution in [0.1, 0.15) is 6.92 Å². The fourth-order valence-electron chi connectivity index (χ4n) is 1.71. The van der Waals surface area contributed by atoms with Gasteiger partial charge in [0.25, 0.3) is 0 Å². The Kier molecular flexibility index (Phi) is 3.81. The molecule has 1 amide bonds. The van der Waals surface area contributed by atoms with E-state index in [1.54, 1.807) is 24.3 Å². The molecule has 1 aromatic carbocycles. The van der Waals surface area contributed by atoms with E-state index < -0.39 is 29.8 Å². The number of benzene rings is 1. The summed E-state index contributed by atoms with van der Waals surface area (Å²) in [5.41, 5.74) is -1.26. The first-order chi connectivity index (χ1) is 9.81. The number of oxazole rings is 1. The van der Waals surface area contributed by atoms with E-state index in [1.807, 2.05) is 0 Å². The summed E-state index contributed by atoms with van der Waals surface area (Å²) in [7, 11) is 0. The molecule has 112 valence electrons. The third-order valence-corrected chi connectivity index (χ3v) is 2.97. The van der Waals surface area contributed by atoms with Crippen molar-refractivity contribution in [3.63, 3.8) is 0 Å². The molecule has 0 spiro atoms. The number of carbonyl (C=O) groups is 2. The molecule has 0 aliphatic rings. The summed E-state index contributed by atoms with van der Waals surface area (Å²) in [4.78, 5) is 34.1. The number of carbonyl (C=O) groups excluding carboxylic acids is 1. The maximum absolute atomic E-state index is 11.8. The van der Waals surface area contributed by atoms with Gasteiger partial charge in [-0.1, -0.05) is 12.1 Å². The van der Waals surface area contributed by atoms with Crippen molar-refractivity contribution in [3.05, 3.63) is 34.8 Å². The Morgan fingerprint density at radius 1 is 1.38 bits per heavy atom. The first-order valence-corrected chi connectivity index (χ1v) is 6.12. The summed E-state index contributed by atoms with van der Waals surface area (Å²) < 4.78 is 6.09. The molecule has 3 N–H and O–H groups in total. The van der Waals surface area contributed by atoms with E-state index in [-0.39, 0.29) is 6.54 Å². The zero-order valence-electron chi connectivity index (χ0n) is 11.2. The van der Waals surface area contributed by atoms with Gasteiger partial charge in [0.05, 0.1) is 12.1 Å². The number of hydrogen-bond donors (Lipinski definition) is 3. The van der Waals surface area contributed by atoms with Crippen molar-refractivity contribution in [1.29, 1.82) is 0 Å². The maximum Gasteiger partial charge on any atom is 0.420 e. The van der Waals surface area contributed by atoms with Gasteiger partial charge in [-0.05, 0) is 19.1 Å². The Bertz CT molecular complexity index is 742. The standard InChI is InChI=1S/C13H14N2O6/c1-13(20,11(17)18)7-14-10(16)6-15-8-4-2-3-5-9(8)21-12(15)19/h2-5,20H,6-7H2,1H3,(H,14,16)(H,17,18). The summed E-state index contributed by atoms with van der Waals surface area (Å²) >= 11 is 0. The molecular formula is C13H14N2O6. The lowest BCUT2D eigenvalue weighted by molar-refractivity contribution is -0.156. The highest BCUT2D eigenvalue weighted by Crippen LogP contribution is 2.11. The molecule has 0 fully saturated rings.